The lowest BCUT2D eigenvalue weighted by Crippen LogP contribution is -2.36. The van der Waals surface area contributed by atoms with E-state index in [4.69, 9.17) is 9.47 Å². The second-order valence-corrected chi connectivity index (χ2v) is 9.28. The van der Waals surface area contributed by atoms with E-state index in [2.05, 4.69) is 22.4 Å². The average molecular weight is 499 g/mol. The van der Waals surface area contributed by atoms with Crippen molar-refractivity contribution < 1.29 is 19.1 Å². The molecule has 2 amide bonds. The Bertz CT molecular complexity index is 1390. The first-order valence-corrected chi connectivity index (χ1v) is 12.3. The van der Waals surface area contributed by atoms with Crippen molar-refractivity contribution >= 4 is 28.5 Å². The maximum absolute atomic E-state index is 13.4. The summed E-state index contributed by atoms with van der Waals surface area (Å²) in [4.78, 5) is 32.1. The second kappa shape index (κ2) is 10.8. The van der Waals surface area contributed by atoms with E-state index >= 15 is 0 Å². The molecular formula is C29H30N4O4. The molecule has 8 heteroatoms. The number of nitrogens with zero attached hydrogens (tertiary/aromatic N) is 3. The number of hydrogen-bond acceptors (Lipinski definition) is 5. The Morgan fingerprint density at radius 1 is 1.14 bits per heavy atom. The zero-order valence-electron chi connectivity index (χ0n) is 21.0. The third kappa shape index (κ3) is 5.49. The summed E-state index contributed by atoms with van der Waals surface area (Å²) in [5.74, 6) is 0.413. The number of benzene rings is 3. The minimum atomic E-state index is -0.297. The van der Waals surface area contributed by atoms with Gasteiger partial charge in [0.1, 0.15) is 18.5 Å². The minimum absolute atomic E-state index is 0.0860. The molecule has 0 radical (unpaired) electrons. The van der Waals surface area contributed by atoms with Gasteiger partial charge in [-0.3, -0.25) is 9.59 Å². The van der Waals surface area contributed by atoms with Gasteiger partial charge in [-0.1, -0.05) is 48.5 Å². The summed E-state index contributed by atoms with van der Waals surface area (Å²) in [6, 6.07) is 21.6. The summed E-state index contributed by atoms with van der Waals surface area (Å²) in [5.41, 5.74) is 4.76. The fraction of sp³-hybridized carbons (Fsp3) is 0.276. The number of rotatable bonds is 9. The lowest BCUT2D eigenvalue weighted by Gasteiger charge is -2.22. The van der Waals surface area contributed by atoms with Gasteiger partial charge in [0.05, 0.1) is 29.6 Å². The Morgan fingerprint density at radius 3 is 2.70 bits per heavy atom. The van der Waals surface area contributed by atoms with Gasteiger partial charge in [-0.05, 0) is 35.7 Å². The summed E-state index contributed by atoms with van der Waals surface area (Å²) >= 11 is 0. The summed E-state index contributed by atoms with van der Waals surface area (Å²) in [5, 5.41) is 2.91. The van der Waals surface area contributed by atoms with Crippen molar-refractivity contribution in [1.82, 2.24) is 14.5 Å². The van der Waals surface area contributed by atoms with E-state index in [1.165, 1.54) is 12.7 Å². The number of aryl methyl sites for hydroxylation is 2. The van der Waals surface area contributed by atoms with Crippen LogP contribution in [0.15, 0.2) is 73.1 Å². The molecule has 0 spiro atoms. The molecule has 190 valence electrons. The van der Waals surface area contributed by atoms with Crippen molar-refractivity contribution in [2.45, 2.75) is 25.5 Å². The summed E-state index contributed by atoms with van der Waals surface area (Å²) < 4.78 is 13.0. The predicted octanol–water partition coefficient (Wildman–Crippen LogP) is 3.94. The molecule has 1 unspecified atom stereocenters. The van der Waals surface area contributed by atoms with Crippen LogP contribution in [0.1, 0.15) is 21.5 Å². The van der Waals surface area contributed by atoms with Crippen LogP contribution in [0.2, 0.25) is 0 Å². The number of methoxy groups -OCH3 is 1. The highest BCUT2D eigenvalue weighted by atomic mass is 16.5. The molecule has 0 aliphatic carbocycles. The molecule has 1 atom stereocenters. The monoisotopic (exact) mass is 498 g/mol. The number of fused-ring (bicyclic) bond motifs is 2. The van der Waals surface area contributed by atoms with E-state index in [-0.39, 0.29) is 24.5 Å². The van der Waals surface area contributed by atoms with Gasteiger partial charge in [0.2, 0.25) is 5.91 Å². The molecular weight excluding hydrogens is 468 g/mol. The van der Waals surface area contributed by atoms with Gasteiger partial charge >= 0.3 is 0 Å². The first kappa shape index (κ1) is 24.5. The number of hydrogen-bond donors (Lipinski definition) is 1. The number of nitrogens with one attached hydrogen (secondary N) is 1. The number of amides is 2. The van der Waals surface area contributed by atoms with E-state index in [0.717, 1.165) is 29.7 Å². The summed E-state index contributed by atoms with van der Waals surface area (Å²) in [6.07, 6.45) is 3.22. The van der Waals surface area contributed by atoms with E-state index in [0.29, 0.717) is 29.9 Å². The van der Waals surface area contributed by atoms with Gasteiger partial charge in [-0.15, -0.1) is 0 Å². The SMILES string of the molecule is COCC(=O)Nc1cc(C(=O)N(C)CC2Cc3ccccc3O2)cc2ncn(CCc3ccccc3)c12. The minimum Gasteiger partial charge on any atom is -0.488 e. The molecule has 0 saturated heterocycles. The number of ether oxygens (including phenoxy) is 2. The van der Waals surface area contributed by atoms with Crippen LogP contribution in [-0.2, 0) is 28.9 Å². The standard InChI is InChI=1S/C29H30N4O4/c1-32(17-23-14-21-10-6-7-11-26(21)37-23)29(35)22-15-24-28(25(16-22)31-27(34)18-36-2)33(19-30-24)13-12-20-8-4-3-5-9-20/h3-11,15-16,19,23H,12-14,17-18H2,1-2H3,(H,31,34). The molecule has 1 aromatic heterocycles. The molecule has 3 aromatic carbocycles. The number of likely N-dealkylation sites (N-methyl/N-ethyl adjacent to an activating group) is 1. The average Bonchev–Trinajstić information content (AvgIpc) is 3.51. The van der Waals surface area contributed by atoms with Crippen LogP contribution in [0, 0.1) is 0 Å². The molecule has 37 heavy (non-hydrogen) atoms. The quantitative estimate of drug-likeness (QED) is 0.378. The van der Waals surface area contributed by atoms with Gasteiger partial charge < -0.3 is 24.3 Å². The number of carbonyl (C=O) groups excluding carboxylic acids is 2. The van der Waals surface area contributed by atoms with Crippen LogP contribution < -0.4 is 10.1 Å². The lowest BCUT2D eigenvalue weighted by atomic mass is 10.1. The van der Waals surface area contributed by atoms with Gasteiger partial charge in [0, 0.05) is 32.7 Å². The van der Waals surface area contributed by atoms with Crippen LogP contribution in [0.3, 0.4) is 0 Å². The normalized spacial score (nSPS) is 14.3. The number of imidazole rings is 1. The van der Waals surface area contributed by atoms with Crippen LogP contribution in [0.5, 0.6) is 5.75 Å². The Labute approximate surface area is 215 Å². The largest absolute Gasteiger partial charge is 0.488 e. The number of carbonyl (C=O) groups is 2. The highest BCUT2D eigenvalue weighted by molar-refractivity contribution is 6.05. The lowest BCUT2D eigenvalue weighted by molar-refractivity contribution is -0.119. The van der Waals surface area contributed by atoms with Gasteiger partial charge in [-0.2, -0.15) is 0 Å². The maximum Gasteiger partial charge on any atom is 0.253 e. The molecule has 8 nitrogen and oxygen atoms in total. The molecule has 0 fully saturated rings. The zero-order valence-corrected chi connectivity index (χ0v) is 21.0. The Hall–Kier alpha value is -4.17. The molecule has 5 rings (SSSR count). The molecule has 0 saturated carbocycles. The van der Waals surface area contributed by atoms with E-state index in [1.54, 1.807) is 30.4 Å². The van der Waals surface area contributed by atoms with Crippen molar-refractivity contribution in [3.05, 3.63) is 89.7 Å². The van der Waals surface area contributed by atoms with Gasteiger partial charge in [0.15, 0.2) is 0 Å². The van der Waals surface area contributed by atoms with Crippen molar-refractivity contribution in [3.63, 3.8) is 0 Å². The Balaban J connectivity index is 1.38. The second-order valence-electron chi connectivity index (χ2n) is 9.28. The molecule has 2 heterocycles. The van der Waals surface area contributed by atoms with Crippen molar-refractivity contribution in [3.8, 4) is 5.75 Å². The van der Waals surface area contributed by atoms with Crippen LogP contribution in [-0.4, -0.2) is 59.7 Å². The zero-order chi connectivity index (χ0) is 25.8. The van der Waals surface area contributed by atoms with E-state index < -0.39 is 0 Å². The van der Waals surface area contributed by atoms with Gasteiger partial charge in [0.25, 0.3) is 5.91 Å². The van der Waals surface area contributed by atoms with E-state index in [9.17, 15) is 9.59 Å². The Kier molecular flexibility index (Phi) is 7.18. The summed E-state index contributed by atoms with van der Waals surface area (Å²) in [7, 11) is 3.23. The van der Waals surface area contributed by atoms with Crippen LogP contribution in [0.4, 0.5) is 5.69 Å². The molecule has 1 aliphatic heterocycles. The first-order valence-electron chi connectivity index (χ1n) is 12.3. The summed E-state index contributed by atoms with van der Waals surface area (Å²) in [6.45, 7) is 1.04. The molecule has 0 bridgehead atoms. The van der Waals surface area contributed by atoms with Crippen molar-refractivity contribution in [1.29, 1.82) is 0 Å². The number of anilines is 1. The molecule has 1 N–H and O–H groups in total. The third-order valence-electron chi connectivity index (χ3n) is 6.53. The smallest absolute Gasteiger partial charge is 0.253 e. The molecule has 1 aliphatic rings. The van der Waals surface area contributed by atoms with Crippen LogP contribution >= 0.6 is 0 Å². The van der Waals surface area contributed by atoms with Crippen molar-refractivity contribution in [2.24, 2.45) is 0 Å². The fourth-order valence-electron chi connectivity index (χ4n) is 4.77. The maximum atomic E-state index is 13.4. The van der Waals surface area contributed by atoms with Gasteiger partial charge in [-0.25, -0.2) is 4.98 Å². The van der Waals surface area contributed by atoms with E-state index in [1.807, 2.05) is 47.0 Å². The number of aromatic nitrogens is 2. The highest BCUT2D eigenvalue weighted by Gasteiger charge is 2.26. The fourth-order valence-corrected chi connectivity index (χ4v) is 4.77. The highest BCUT2D eigenvalue weighted by Crippen LogP contribution is 2.29. The molecule has 4 aromatic rings. The third-order valence-corrected chi connectivity index (χ3v) is 6.53. The topological polar surface area (TPSA) is 85.7 Å². The first-order chi connectivity index (χ1) is 18.0. The Morgan fingerprint density at radius 2 is 1.92 bits per heavy atom. The van der Waals surface area contributed by atoms with Crippen molar-refractivity contribution in [2.75, 3.05) is 32.6 Å². The van der Waals surface area contributed by atoms with Crippen LogP contribution in [0.25, 0.3) is 11.0 Å². The number of para-hydroxylation sites is 1. The predicted molar refractivity (Wildman–Crippen MR) is 142 cm³/mol.